The number of hydrogen-bond donors (Lipinski definition) is 2. The van der Waals surface area contributed by atoms with Gasteiger partial charge in [0.1, 0.15) is 0 Å². The summed E-state index contributed by atoms with van der Waals surface area (Å²) in [6, 6.07) is 7.64. The van der Waals surface area contributed by atoms with Crippen LogP contribution in [-0.2, 0) is 9.53 Å². The molecule has 18 heavy (non-hydrogen) atoms. The number of carbonyl (C=O) groups excluding carboxylic acids is 1. The maximum Gasteiger partial charge on any atom is 0.314 e. The molecule has 2 atom stereocenters. The Morgan fingerprint density at radius 2 is 2.11 bits per heavy atom. The second-order valence-corrected chi connectivity index (χ2v) is 4.72. The molecule has 1 aromatic carbocycles. The van der Waals surface area contributed by atoms with Crippen molar-refractivity contribution in [3.63, 3.8) is 0 Å². The van der Waals surface area contributed by atoms with Crippen LogP contribution in [0.25, 0.3) is 0 Å². The van der Waals surface area contributed by atoms with Gasteiger partial charge in [-0.2, -0.15) is 0 Å². The fourth-order valence-electron chi connectivity index (χ4n) is 2.53. The first-order valence-electron chi connectivity index (χ1n) is 6.39. The van der Waals surface area contributed by atoms with Gasteiger partial charge in [0.25, 0.3) is 0 Å². The number of esters is 1. The van der Waals surface area contributed by atoms with Gasteiger partial charge >= 0.3 is 5.97 Å². The molecule has 0 aromatic heterocycles. The number of nitrogen functional groups attached to an aromatic ring is 1. The van der Waals surface area contributed by atoms with E-state index in [0.717, 1.165) is 24.9 Å². The smallest absolute Gasteiger partial charge is 0.314 e. The highest BCUT2D eigenvalue weighted by Gasteiger charge is 2.31. The molecule has 98 valence electrons. The first-order chi connectivity index (χ1) is 8.72. The molecule has 1 saturated heterocycles. The van der Waals surface area contributed by atoms with Gasteiger partial charge < -0.3 is 15.8 Å². The number of hydrogen-bond acceptors (Lipinski definition) is 4. The number of rotatable bonds is 3. The van der Waals surface area contributed by atoms with Gasteiger partial charge in [-0.15, -0.1) is 0 Å². The highest BCUT2D eigenvalue weighted by Crippen LogP contribution is 2.27. The van der Waals surface area contributed by atoms with Gasteiger partial charge in [0, 0.05) is 11.7 Å². The molecule has 0 unspecified atom stereocenters. The maximum absolute atomic E-state index is 12.0. The summed E-state index contributed by atoms with van der Waals surface area (Å²) >= 11 is 0. The molecule has 0 amide bonds. The van der Waals surface area contributed by atoms with Crippen molar-refractivity contribution in [2.75, 3.05) is 19.4 Å². The minimum Gasteiger partial charge on any atom is -0.469 e. The van der Waals surface area contributed by atoms with E-state index in [-0.39, 0.29) is 17.9 Å². The third-order valence-electron chi connectivity index (χ3n) is 3.50. The SMILES string of the molecule is COC(=O)[C@H](c1ccc(N)cc1)[C@H]1CCCCN1. The van der Waals surface area contributed by atoms with Gasteiger partial charge in [-0.3, -0.25) is 4.79 Å². The number of nitrogens with one attached hydrogen (secondary N) is 1. The fourth-order valence-corrected chi connectivity index (χ4v) is 2.53. The average Bonchev–Trinajstić information content (AvgIpc) is 2.42. The average molecular weight is 248 g/mol. The molecule has 0 radical (unpaired) electrons. The topological polar surface area (TPSA) is 64.3 Å². The molecular weight excluding hydrogens is 228 g/mol. The summed E-state index contributed by atoms with van der Waals surface area (Å²) < 4.78 is 4.94. The number of nitrogens with two attached hydrogens (primary N) is 1. The zero-order chi connectivity index (χ0) is 13.0. The molecule has 2 rings (SSSR count). The number of piperidine rings is 1. The second kappa shape index (κ2) is 5.87. The largest absolute Gasteiger partial charge is 0.469 e. The van der Waals surface area contributed by atoms with Crippen molar-refractivity contribution in [3.8, 4) is 0 Å². The number of anilines is 1. The molecule has 1 fully saturated rings. The first kappa shape index (κ1) is 12.9. The van der Waals surface area contributed by atoms with Gasteiger partial charge in [-0.05, 0) is 37.1 Å². The van der Waals surface area contributed by atoms with E-state index in [1.807, 2.05) is 24.3 Å². The Balaban J connectivity index is 2.23. The summed E-state index contributed by atoms with van der Waals surface area (Å²) in [6.45, 7) is 0.965. The predicted octanol–water partition coefficient (Wildman–Crippen LogP) is 1.67. The minimum atomic E-state index is -0.240. The lowest BCUT2D eigenvalue weighted by atomic mass is 9.86. The van der Waals surface area contributed by atoms with E-state index in [0.29, 0.717) is 5.69 Å². The normalized spacial score (nSPS) is 21.3. The first-order valence-corrected chi connectivity index (χ1v) is 6.39. The summed E-state index contributed by atoms with van der Waals surface area (Å²) in [5.74, 6) is -0.421. The molecule has 1 aliphatic rings. The van der Waals surface area contributed by atoms with Crippen LogP contribution in [0.15, 0.2) is 24.3 Å². The van der Waals surface area contributed by atoms with Crippen molar-refractivity contribution in [2.45, 2.75) is 31.2 Å². The van der Waals surface area contributed by atoms with E-state index in [9.17, 15) is 4.79 Å². The molecule has 0 spiro atoms. The van der Waals surface area contributed by atoms with Crippen molar-refractivity contribution in [2.24, 2.45) is 0 Å². The van der Waals surface area contributed by atoms with Crippen molar-refractivity contribution < 1.29 is 9.53 Å². The van der Waals surface area contributed by atoms with Gasteiger partial charge in [-0.25, -0.2) is 0 Å². The Bertz CT molecular complexity index is 397. The molecule has 4 nitrogen and oxygen atoms in total. The fraction of sp³-hybridized carbons (Fsp3) is 0.500. The van der Waals surface area contributed by atoms with E-state index < -0.39 is 0 Å². The summed E-state index contributed by atoms with van der Waals surface area (Å²) in [5.41, 5.74) is 7.36. The summed E-state index contributed by atoms with van der Waals surface area (Å²) in [4.78, 5) is 12.0. The summed E-state index contributed by atoms with van der Waals surface area (Å²) in [5, 5.41) is 3.42. The Kier molecular flexibility index (Phi) is 4.20. The predicted molar refractivity (Wildman–Crippen MR) is 71.3 cm³/mol. The Hall–Kier alpha value is -1.55. The van der Waals surface area contributed by atoms with Crippen LogP contribution in [0, 0.1) is 0 Å². The lowest BCUT2D eigenvalue weighted by molar-refractivity contribution is -0.143. The molecule has 0 saturated carbocycles. The van der Waals surface area contributed by atoms with E-state index in [4.69, 9.17) is 10.5 Å². The highest BCUT2D eigenvalue weighted by molar-refractivity contribution is 5.79. The molecule has 1 aromatic rings. The van der Waals surface area contributed by atoms with Crippen molar-refractivity contribution in [1.29, 1.82) is 0 Å². The zero-order valence-corrected chi connectivity index (χ0v) is 10.7. The Morgan fingerprint density at radius 3 is 2.67 bits per heavy atom. The standard InChI is InChI=1S/C14H20N2O2/c1-18-14(17)13(12-4-2-3-9-16-12)10-5-7-11(15)8-6-10/h5-8,12-13,16H,2-4,9,15H2,1H3/t12-,13-/m1/s1. The van der Waals surface area contributed by atoms with Crippen molar-refractivity contribution in [1.82, 2.24) is 5.32 Å². The highest BCUT2D eigenvalue weighted by atomic mass is 16.5. The number of ether oxygens (including phenoxy) is 1. The van der Waals surface area contributed by atoms with Crippen LogP contribution in [-0.4, -0.2) is 25.7 Å². The molecular formula is C14H20N2O2. The van der Waals surface area contributed by atoms with Gasteiger partial charge in [0.15, 0.2) is 0 Å². The monoisotopic (exact) mass is 248 g/mol. The van der Waals surface area contributed by atoms with Crippen LogP contribution in [0.1, 0.15) is 30.7 Å². The molecule has 0 bridgehead atoms. The number of benzene rings is 1. The van der Waals surface area contributed by atoms with E-state index in [2.05, 4.69) is 5.32 Å². The molecule has 0 aliphatic carbocycles. The third-order valence-corrected chi connectivity index (χ3v) is 3.50. The van der Waals surface area contributed by atoms with Crippen LogP contribution in [0.5, 0.6) is 0 Å². The maximum atomic E-state index is 12.0. The number of methoxy groups -OCH3 is 1. The van der Waals surface area contributed by atoms with Crippen LogP contribution < -0.4 is 11.1 Å². The third kappa shape index (κ3) is 2.82. The minimum absolute atomic E-state index is 0.162. The zero-order valence-electron chi connectivity index (χ0n) is 10.7. The molecule has 1 heterocycles. The number of carbonyl (C=O) groups is 1. The quantitative estimate of drug-likeness (QED) is 0.631. The van der Waals surface area contributed by atoms with Gasteiger partial charge in [0.2, 0.25) is 0 Å². The lowest BCUT2D eigenvalue weighted by Crippen LogP contribution is -2.42. The van der Waals surface area contributed by atoms with Crippen LogP contribution in [0.3, 0.4) is 0 Å². The summed E-state index contributed by atoms with van der Waals surface area (Å²) in [7, 11) is 1.44. The molecule has 3 N–H and O–H groups in total. The molecule has 1 aliphatic heterocycles. The van der Waals surface area contributed by atoms with Gasteiger partial charge in [-0.1, -0.05) is 18.6 Å². The van der Waals surface area contributed by atoms with E-state index >= 15 is 0 Å². The summed E-state index contributed by atoms with van der Waals surface area (Å²) in [6.07, 6.45) is 3.33. The Morgan fingerprint density at radius 1 is 1.39 bits per heavy atom. The van der Waals surface area contributed by atoms with Crippen LogP contribution in [0.4, 0.5) is 5.69 Å². The second-order valence-electron chi connectivity index (χ2n) is 4.72. The van der Waals surface area contributed by atoms with E-state index in [1.54, 1.807) is 0 Å². The van der Waals surface area contributed by atoms with Crippen molar-refractivity contribution in [3.05, 3.63) is 29.8 Å². The molecule has 4 heteroatoms. The lowest BCUT2D eigenvalue weighted by Gasteiger charge is -2.30. The van der Waals surface area contributed by atoms with Crippen LogP contribution >= 0.6 is 0 Å². The van der Waals surface area contributed by atoms with Crippen LogP contribution in [0.2, 0.25) is 0 Å². The van der Waals surface area contributed by atoms with E-state index in [1.165, 1.54) is 13.5 Å². The Labute approximate surface area is 108 Å². The van der Waals surface area contributed by atoms with Gasteiger partial charge in [0.05, 0.1) is 13.0 Å². The van der Waals surface area contributed by atoms with Crippen molar-refractivity contribution >= 4 is 11.7 Å².